The van der Waals surface area contributed by atoms with Gasteiger partial charge in [0.1, 0.15) is 0 Å². The highest BCUT2D eigenvalue weighted by molar-refractivity contribution is 6.32. The molecular weight excluding hydrogens is 566 g/mol. The van der Waals surface area contributed by atoms with Crippen molar-refractivity contribution in [2.75, 3.05) is 0 Å². The Kier molecular flexibility index (Phi) is 7.59. The first-order chi connectivity index (χ1) is 19.1. The number of benzene rings is 3. The van der Waals surface area contributed by atoms with Crippen molar-refractivity contribution in [2.45, 2.75) is 25.6 Å². The number of nitrogens with one attached hydrogen (secondary N) is 2. The van der Waals surface area contributed by atoms with Crippen LogP contribution in [0.1, 0.15) is 46.0 Å². The van der Waals surface area contributed by atoms with E-state index in [1.807, 2.05) is 0 Å². The van der Waals surface area contributed by atoms with Gasteiger partial charge in [0.15, 0.2) is 11.5 Å². The minimum Gasteiger partial charge on any atom is -0.344 e. The van der Waals surface area contributed by atoms with Gasteiger partial charge in [0, 0.05) is 22.6 Å². The zero-order valence-corrected chi connectivity index (χ0v) is 22.3. The molecule has 5 aromatic rings. The lowest BCUT2D eigenvalue weighted by molar-refractivity contribution is -0.137. The quantitative estimate of drug-likeness (QED) is 0.228. The number of rotatable bonds is 7. The lowest BCUT2D eigenvalue weighted by Gasteiger charge is -2.16. The number of H-pyrrole nitrogens is 1. The second-order valence-corrected chi connectivity index (χ2v) is 9.71. The molecule has 0 spiro atoms. The second kappa shape index (κ2) is 11.1. The van der Waals surface area contributed by atoms with Crippen molar-refractivity contribution in [3.63, 3.8) is 0 Å². The minimum atomic E-state index is -4.52. The maximum atomic E-state index is 13.7. The number of carbonyl (C=O) groups excluding carboxylic acids is 1. The molecule has 5 rings (SSSR count). The Morgan fingerprint density at radius 2 is 1.80 bits per heavy atom. The Labute approximate surface area is 236 Å². The number of halogens is 5. The van der Waals surface area contributed by atoms with Gasteiger partial charge in [-0.25, -0.2) is 4.68 Å². The van der Waals surface area contributed by atoms with E-state index >= 15 is 0 Å². The largest absolute Gasteiger partial charge is 0.416 e. The summed E-state index contributed by atoms with van der Waals surface area (Å²) in [6.07, 6.45) is -4.45. The van der Waals surface area contributed by atoms with E-state index in [1.54, 1.807) is 60.1 Å². The average Bonchev–Trinajstić information content (AvgIpc) is 3.57. The van der Waals surface area contributed by atoms with E-state index in [9.17, 15) is 18.0 Å². The smallest absolute Gasteiger partial charge is 0.344 e. The molecule has 0 radical (unpaired) electrons. The Bertz CT molecular complexity index is 1650. The fourth-order valence-electron chi connectivity index (χ4n) is 4.25. The number of para-hydroxylation sites is 1. The molecule has 1 atom stereocenters. The van der Waals surface area contributed by atoms with Crippen molar-refractivity contribution in [3.05, 3.63) is 111 Å². The lowest BCUT2D eigenvalue weighted by Crippen LogP contribution is -2.28. The molecule has 3 aromatic carbocycles. The van der Waals surface area contributed by atoms with E-state index in [4.69, 9.17) is 23.2 Å². The molecule has 0 aliphatic heterocycles. The molecule has 0 unspecified atom stereocenters. The number of amides is 1. The van der Waals surface area contributed by atoms with Crippen molar-refractivity contribution in [3.8, 4) is 16.9 Å². The lowest BCUT2D eigenvalue weighted by atomic mass is 10.0. The molecular formula is C27H20Cl2F3N7O. The first kappa shape index (κ1) is 27.4. The van der Waals surface area contributed by atoms with E-state index < -0.39 is 23.7 Å². The summed E-state index contributed by atoms with van der Waals surface area (Å²) < 4.78 is 41.4. The molecule has 0 bridgehead atoms. The Morgan fingerprint density at radius 1 is 1.05 bits per heavy atom. The predicted octanol–water partition coefficient (Wildman–Crippen LogP) is 6.46. The van der Waals surface area contributed by atoms with E-state index in [1.165, 1.54) is 12.1 Å². The van der Waals surface area contributed by atoms with E-state index in [2.05, 4.69) is 31.0 Å². The normalized spacial score (nSPS) is 12.3. The molecule has 0 aliphatic carbocycles. The molecule has 204 valence electrons. The van der Waals surface area contributed by atoms with Crippen molar-refractivity contribution in [2.24, 2.45) is 0 Å². The fourth-order valence-corrected chi connectivity index (χ4v) is 4.59. The highest BCUT2D eigenvalue weighted by atomic mass is 35.5. The summed E-state index contributed by atoms with van der Waals surface area (Å²) in [4.78, 5) is 13.7. The first-order valence-electron chi connectivity index (χ1n) is 11.9. The van der Waals surface area contributed by atoms with Gasteiger partial charge in [-0.05, 0) is 48.9 Å². The molecule has 1 amide bonds. The van der Waals surface area contributed by atoms with E-state index in [0.717, 1.165) is 12.1 Å². The number of tetrazole rings is 1. The predicted molar refractivity (Wildman–Crippen MR) is 143 cm³/mol. The van der Waals surface area contributed by atoms with Gasteiger partial charge in [0.05, 0.1) is 28.0 Å². The van der Waals surface area contributed by atoms with E-state index in [-0.39, 0.29) is 17.7 Å². The Balaban J connectivity index is 1.63. The summed E-state index contributed by atoms with van der Waals surface area (Å²) in [7, 11) is 0. The first-order valence-corrected chi connectivity index (χ1v) is 12.7. The number of carbonyl (C=O) groups is 1. The third kappa shape index (κ3) is 5.70. The fraction of sp³-hybridized carbons (Fsp3) is 0.148. The number of alkyl halides is 3. The standard InChI is InChI=1S/C27H20Cl2F3N7O/c1-15(17-5-4-6-18(13-17)27(30,31)32)33-26(40)24-20(14-23-34-37-38-35-23)25(16-9-11-19(28)12-10-16)39(36-24)22-8-3-2-7-21(22)29/h2-13,15H,14H2,1H3,(H,33,40)(H,34,35,37,38)/t15-/m1/s1. The van der Waals surface area contributed by atoms with Gasteiger partial charge in [0.25, 0.3) is 5.91 Å². The molecule has 2 heterocycles. The van der Waals surface area contributed by atoms with Gasteiger partial charge >= 0.3 is 6.18 Å². The monoisotopic (exact) mass is 585 g/mol. The van der Waals surface area contributed by atoms with Crippen molar-refractivity contribution in [1.82, 2.24) is 35.7 Å². The molecule has 0 saturated heterocycles. The van der Waals surface area contributed by atoms with Crippen LogP contribution in [-0.4, -0.2) is 36.3 Å². The molecule has 2 N–H and O–H groups in total. The van der Waals surface area contributed by atoms with Gasteiger partial charge in [-0.1, -0.05) is 64.8 Å². The van der Waals surface area contributed by atoms with Gasteiger partial charge in [0.2, 0.25) is 0 Å². The summed E-state index contributed by atoms with van der Waals surface area (Å²) in [5, 5.41) is 22.4. The number of hydrogen-bond acceptors (Lipinski definition) is 5. The van der Waals surface area contributed by atoms with Crippen LogP contribution in [0.15, 0.2) is 72.8 Å². The highest BCUT2D eigenvalue weighted by Crippen LogP contribution is 2.34. The summed E-state index contributed by atoms with van der Waals surface area (Å²) in [5.41, 5.74) is 1.68. The molecule has 8 nitrogen and oxygen atoms in total. The van der Waals surface area contributed by atoms with Crippen LogP contribution in [0.25, 0.3) is 16.9 Å². The third-order valence-electron chi connectivity index (χ3n) is 6.18. The van der Waals surface area contributed by atoms with Crippen LogP contribution in [0.4, 0.5) is 13.2 Å². The Hall–Kier alpha value is -4.22. The molecule has 2 aromatic heterocycles. The SMILES string of the molecule is C[C@@H](NC(=O)c1nn(-c2ccccc2Cl)c(-c2ccc(Cl)cc2)c1Cc1nn[nH]n1)c1cccc(C(F)(F)F)c1. The molecule has 0 fully saturated rings. The number of aromatic amines is 1. The highest BCUT2D eigenvalue weighted by Gasteiger charge is 2.31. The van der Waals surface area contributed by atoms with Gasteiger partial charge in [-0.3, -0.25) is 4.79 Å². The van der Waals surface area contributed by atoms with Gasteiger partial charge in [-0.2, -0.15) is 23.5 Å². The van der Waals surface area contributed by atoms with Crippen LogP contribution in [0.5, 0.6) is 0 Å². The third-order valence-corrected chi connectivity index (χ3v) is 6.75. The summed E-state index contributed by atoms with van der Waals surface area (Å²) in [6.45, 7) is 1.59. The van der Waals surface area contributed by atoms with Crippen molar-refractivity contribution < 1.29 is 18.0 Å². The number of hydrogen-bond donors (Lipinski definition) is 2. The van der Waals surface area contributed by atoms with Crippen LogP contribution in [0.3, 0.4) is 0 Å². The summed E-state index contributed by atoms with van der Waals surface area (Å²) in [6, 6.07) is 18.0. The molecule has 0 saturated carbocycles. The van der Waals surface area contributed by atoms with Crippen LogP contribution >= 0.6 is 23.2 Å². The summed E-state index contributed by atoms with van der Waals surface area (Å²) >= 11 is 12.7. The summed E-state index contributed by atoms with van der Waals surface area (Å²) in [5.74, 6) is -0.307. The minimum absolute atomic E-state index is 0.0218. The van der Waals surface area contributed by atoms with Gasteiger partial charge in [-0.15, -0.1) is 10.2 Å². The molecule has 13 heteroatoms. The van der Waals surface area contributed by atoms with E-state index in [0.29, 0.717) is 38.4 Å². The maximum Gasteiger partial charge on any atom is 0.416 e. The van der Waals surface area contributed by atoms with Crippen molar-refractivity contribution >= 4 is 29.1 Å². The number of aromatic nitrogens is 6. The van der Waals surface area contributed by atoms with Crippen LogP contribution in [0, 0.1) is 0 Å². The maximum absolute atomic E-state index is 13.7. The van der Waals surface area contributed by atoms with Crippen LogP contribution in [0.2, 0.25) is 10.0 Å². The number of nitrogens with zero attached hydrogens (tertiary/aromatic N) is 5. The van der Waals surface area contributed by atoms with Crippen LogP contribution in [-0.2, 0) is 12.6 Å². The second-order valence-electron chi connectivity index (χ2n) is 8.87. The van der Waals surface area contributed by atoms with Gasteiger partial charge < -0.3 is 5.32 Å². The van der Waals surface area contributed by atoms with Crippen LogP contribution < -0.4 is 5.32 Å². The zero-order valence-electron chi connectivity index (χ0n) is 20.7. The zero-order chi connectivity index (χ0) is 28.4. The van der Waals surface area contributed by atoms with Crippen molar-refractivity contribution in [1.29, 1.82) is 0 Å². The Morgan fingerprint density at radius 3 is 2.48 bits per heavy atom. The molecule has 40 heavy (non-hydrogen) atoms. The topological polar surface area (TPSA) is 101 Å². The molecule has 0 aliphatic rings. The average molecular weight is 586 g/mol.